The number of amides is 1. The van der Waals surface area contributed by atoms with Gasteiger partial charge in [-0.15, -0.1) is 0 Å². The highest BCUT2D eigenvalue weighted by Crippen LogP contribution is 2.25. The van der Waals surface area contributed by atoms with E-state index in [0.717, 1.165) is 29.1 Å². The first-order valence-electron chi connectivity index (χ1n) is 8.56. The van der Waals surface area contributed by atoms with Crippen LogP contribution in [0, 0.1) is 25.5 Å². The summed E-state index contributed by atoms with van der Waals surface area (Å²) in [5.74, 6) is -3.86. The Kier molecular flexibility index (Phi) is 6.30. The summed E-state index contributed by atoms with van der Waals surface area (Å²) in [6.07, 6.45) is -0.243. The van der Waals surface area contributed by atoms with Gasteiger partial charge in [-0.25, -0.2) is 8.78 Å². The van der Waals surface area contributed by atoms with Gasteiger partial charge >= 0.3 is 5.97 Å². The molecule has 1 aromatic carbocycles. The summed E-state index contributed by atoms with van der Waals surface area (Å²) in [4.78, 5) is 25.4. The van der Waals surface area contributed by atoms with Crippen LogP contribution in [0.3, 0.4) is 0 Å². The van der Waals surface area contributed by atoms with Crippen LogP contribution in [0.1, 0.15) is 41.8 Å². The number of halogens is 2. The zero-order valence-corrected chi connectivity index (χ0v) is 15.8. The summed E-state index contributed by atoms with van der Waals surface area (Å²) in [7, 11) is 1.78. The van der Waals surface area contributed by atoms with Crippen LogP contribution in [-0.4, -0.2) is 38.2 Å². The van der Waals surface area contributed by atoms with Crippen molar-refractivity contribution in [2.45, 2.75) is 39.7 Å². The van der Waals surface area contributed by atoms with E-state index >= 15 is 0 Å². The molecule has 1 unspecified atom stereocenters. The highest BCUT2D eigenvalue weighted by molar-refractivity contribution is 5.84. The molecule has 0 aliphatic rings. The standard InChI is InChI=1S/C19H23F2N3O3/c1-11(18-12(2)22-23(4)13(18)3)19(27)24(8-7-17(25)26)10-14-5-6-15(20)16(21)9-14/h5-6,9,11H,7-8,10H2,1-4H3,(H,25,26). The minimum Gasteiger partial charge on any atom is -0.481 e. The van der Waals surface area contributed by atoms with Gasteiger partial charge in [0.05, 0.1) is 18.0 Å². The maximum absolute atomic E-state index is 13.5. The molecule has 146 valence electrons. The molecule has 0 bridgehead atoms. The van der Waals surface area contributed by atoms with Gasteiger partial charge in [0.1, 0.15) is 0 Å². The van der Waals surface area contributed by atoms with Gasteiger partial charge in [0, 0.05) is 31.4 Å². The first kappa shape index (κ1) is 20.5. The van der Waals surface area contributed by atoms with E-state index in [2.05, 4.69) is 5.10 Å². The van der Waals surface area contributed by atoms with E-state index in [1.807, 2.05) is 13.8 Å². The molecular formula is C19H23F2N3O3. The second-order valence-electron chi connectivity index (χ2n) is 6.58. The van der Waals surface area contributed by atoms with Crippen LogP contribution in [0.15, 0.2) is 18.2 Å². The number of carbonyl (C=O) groups is 2. The molecule has 0 aliphatic heterocycles. The smallest absolute Gasteiger partial charge is 0.305 e. The van der Waals surface area contributed by atoms with Gasteiger partial charge in [0.25, 0.3) is 0 Å². The van der Waals surface area contributed by atoms with Gasteiger partial charge in [-0.2, -0.15) is 5.10 Å². The quantitative estimate of drug-likeness (QED) is 0.803. The summed E-state index contributed by atoms with van der Waals surface area (Å²) in [6, 6.07) is 3.38. The third kappa shape index (κ3) is 4.69. The highest BCUT2D eigenvalue weighted by atomic mass is 19.2. The summed E-state index contributed by atoms with van der Waals surface area (Å²) in [5, 5.41) is 13.3. The van der Waals surface area contributed by atoms with Crippen molar-refractivity contribution in [3.63, 3.8) is 0 Å². The number of aryl methyl sites for hydroxylation is 2. The lowest BCUT2D eigenvalue weighted by atomic mass is 9.97. The van der Waals surface area contributed by atoms with Crippen molar-refractivity contribution in [3.05, 3.63) is 52.3 Å². The van der Waals surface area contributed by atoms with E-state index < -0.39 is 23.5 Å². The predicted molar refractivity (Wildman–Crippen MR) is 95.1 cm³/mol. The fourth-order valence-corrected chi connectivity index (χ4v) is 3.17. The lowest BCUT2D eigenvalue weighted by Gasteiger charge is -2.26. The molecular weight excluding hydrogens is 356 g/mol. The minimum atomic E-state index is -1.04. The Morgan fingerprint density at radius 3 is 2.44 bits per heavy atom. The largest absolute Gasteiger partial charge is 0.481 e. The Labute approximate surface area is 156 Å². The van der Waals surface area contributed by atoms with Gasteiger partial charge < -0.3 is 10.0 Å². The average Bonchev–Trinajstić information content (AvgIpc) is 2.85. The molecule has 0 aliphatic carbocycles. The minimum absolute atomic E-state index is 0.00793. The van der Waals surface area contributed by atoms with Crippen molar-refractivity contribution in [1.82, 2.24) is 14.7 Å². The molecule has 2 rings (SSSR count). The van der Waals surface area contributed by atoms with Crippen LogP contribution in [-0.2, 0) is 23.2 Å². The normalized spacial score (nSPS) is 12.1. The van der Waals surface area contributed by atoms with Crippen LogP contribution in [0.2, 0.25) is 0 Å². The molecule has 1 aromatic heterocycles. The molecule has 6 nitrogen and oxygen atoms in total. The summed E-state index contributed by atoms with van der Waals surface area (Å²) < 4.78 is 28.3. The number of carboxylic acids is 1. The fraction of sp³-hybridized carbons (Fsp3) is 0.421. The van der Waals surface area contributed by atoms with Crippen LogP contribution < -0.4 is 0 Å². The van der Waals surface area contributed by atoms with Gasteiger partial charge in [0.2, 0.25) is 5.91 Å². The Bertz CT molecular complexity index is 864. The van der Waals surface area contributed by atoms with Crippen LogP contribution in [0.4, 0.5) is 8.78 Å². The van der Waals surface area contributed by atoms with Crippen molar-refractivity contribution >= 4 is 11.9 Å². The van der Waals surface area contributed by atoms with E-state index in [1.54, 1.807) is 18.7 Å². The van der Waals surface area contributed by atoms with E-state index in [1.165, 1.54) is 11.0 Å². The number of carboxylic acid groups (broad SMARTS) is 1. The van der Waals surface area contributed by atoms with Crippen molar-refractivity contribution < 1.29 is 23.5 Å². The number of benzene rings is 1. The van der Waals surface area contributed by atoms with Crippen molar-refractivity contribution in [2.75, 3.05) is 6.54 Å². The zero-order chi connectivity index (χ0) is 20.3. The first-order chi connectivity index (χ1) is 12.6. The molecule has 1 amide bonds. The average molecular weight is 379 g/mol. The predicted octanol–water partition coefficient (Wildman–Crippen LogP) is 2.92. The molecule has 0 radical (unpaired) electrons. The summed E-state index contributed by atoms with van der Waals surface area (Å²) in [5.41, 5.74) is 2.74. The summed E-state index contributed by atoms with van der Waals surface area (Å²) >= 11 is 0. The van der Waals surface area contributed by atoms with E-state index in [-0.39, 0.29) is 25.4 Å². The Hall–Kier alpha value is -2.77. The van der Waals surface area contributed by atoms with Crippen molar-refractivity contribution in [3.8, 4) is 0 Å². The third-order valence-electron chi connectivity index (χ3n) is 4.63. The molecule has 0 fully saturated rings. The fourth-order valence-electron chi connectivity index (χ4n) is 3.17. The Morgan fingerprint density at radius 1 is 1.26 bits per heavy atom. The van der Waals surface area contributed by atoms with Crippen LogP contribution >= 0.6 is 0 Å². The lowest BCUT2D eigenvalue weighted by Crippen LogP contribution is -2.36. The second kappa shape index (κ2) is 8.28. The van der Waals surface area contributed by atoms with Crippen molar-refractivity contribution in [1.29, 1.82) is 0 Å². The van der Waals surface area contributed by atoms with E-state index in [0.29, 0.717) is 5.56 Å². The third-order valence-corrected chi connectivity index (χ3v) is 4.63. The zero-order valence-electron chi connectivity index (χ0n) is 15.8. The molecule has 1 heterocycles. The number of hydrogen-bond acceptors (Lipinski definition) is 3. The molecule has 27 heavy (non-hydrogen) atoms. The van der Waals surface area contributed by atoms with Crippen molar-refractivity contribution in [2.24, 2.45) is 7.05 Å². The Morgan fingerprint density at radius 2 is 1.93 bits per heavy atom. The highest BCUT2D eigenvalue weighted by Gasteiger charge is 2.27. The van der Waals surface area contributed by atoms with Gasteiger partial charge in [-0.05, 0) is 38.5 Å². The topological polar surface area (TPSA) is 75.4 Å². The maximum atomic E-state index is 13.5. The second-order valence-corrected chi connectivity index (χ2v) is 6.58. The number of nitrogens with zero attached hydrogens (tertiary/aromatic N) is 3. The number of aromatic nitrogens is 2. The number of hydrogen-bond donors (Lipinski definition) is 1. The van der Waals surface area contributed by atoms with E-state index in [9.17, 15) is 18.4 Å². The molecule has 1 N–H and O–H groups in total. The van der Waals surface area contributed by atoms with E-state index in [4.69, 9.17) is 5.11 Å². The van der Waals surface area contributed by atoms with Gasteiger partial charge in [-0.3, -0.25) is 14.3 Å². The summed E-state index contributed by atoms with van der Waals surface area (Å²) in [6.45, 7) is 5.36. The van der Waals surface area contributed by atoms with Crippen LogP contribution in [0.5, 0.6) is 0 Å². The number of rotatable bonds is 7. The van der Waals surface area contributed by atoms with Gasteiger partial charge in [-0.1, -0.05) is 6.07 Å². The number of carbonyl (C=O) groups excluding carboxylic acids is 1. The molecule has 0 saturated heterocycles. The molecule has 1 atom stereocenters. The SMILES string of the molecule is Cc1nn(C)c(C)c1C(C)C(=O)N(CCC(=O)O)Cc1ccc(F)c(F)c1. The maximum Gasteiger partial charge on any atom is 0.305 e. The molecule has 8 heteroatoms. The van der Waals surface area contributed by atoms with Gasteiger partial charge in [0.15, 0.2) is 11.6 Å². The molecule has 2 aromatic rings. The first-order valence-corrected chi connectivity index (χ1v) is 8.56. The number of aliphatic carboxylic acids is 1. The molecule has 0 spiro atoms. The molecule has 0 saturated carbocycles. The monoisotopic (exact) mass is 379 g/mol. The Balaban J connectivity index is 2.29. The van der Waals surface area contributed by atoms with Crippen LogP contribution in [0.25, 0.3) is 0 Å². The lowest BCUT2D eigenvalue weighted by molar-refractivity contribution is -0.139.